The van der Waals surface area contributed by atoms with E-state index in [2.05, 4.69) is 15.7 Å². The Hall–Kier alpha value is -2.96. The number of hydrogen-bond acceptors (Lipinski definition) is 4. The van der Waals surface area contributed by atoms with Crippen LogP contribution in [0.5, 0.6) is 0 Å². The molecule has 0 spiro atoms. The molecular weight excluding hydrogens is 332 g/mol. The number of benzene rings is 1. The Kier molecular flexibility index (Phi) is 6.27. The molecule has 7 nitrogen and oxygen atoms in total. The molecule has 0 saturated carbocycles. The van der Waals surface area contributed by atoms with Crippen molar-refractivity contribution in [3.63, 3.8) is 0 Å². The summed E-state index contributed by atoms with van der Waals surface area (Å²) in [6, 6.07) is 6.64. The molecular formula is C19H24N4O3. The first-order valence-electron chi connectivity index (χ1n) is 8.56. The Bertz CT molecular complexity index is 864. The summed E-state index contributed by atoms with van der Waals surface area (Å²) in [6.07, 6.45) is 0.732. The molecule has 2 rings (SSSR count). The molecule has 0 aliphatic carbocycles. The van der Waals surface area contributed by atoms with Gasteiger partial charge in [-0.3, -0.25) is 14.4 Å². The first kappa shape index (κ1) is 19.4. The van der Waals surface area contributed by atoms with Crippen molar-refractivity contribution < 1.29 is 9.59 Å². The Labute approximate surface area is 152 Å². The van der Waals surface area contributed by atoms with Crippen molar-refractivity contribution >= 4 is 17.5 Å². The maximum absolute atomic E-state index is 12.2. The zero-order valence-corrected chi connectivity index (χ0v) is 15.5. The molecule has 2 amide bonds. The normalized spacial score (nSPS) is 10.5. The predicted molar refractivity (Wildman–Crippen MR) is 100 cm³/mol. The van der Waals surface area contributed by atoms with Crippen molar-refractivity contribution in [1.29, 1.82) is 0 Å². The first-order valence-corrected chi connectivity index (χ1v) is 8.56. The van der Waals surface area contributed by atoms with Gasteiger partial charge in [0.05, 0.1) is 6.54 Å². The van der Waals surface area contributed by atoms with E-state index in [4.69, 9.17) is 0 Å². The number of anilines is 1. The SMILES string of the molecule is CCCn1nc(C(=O)NCC(=O)Nc2c(C)cc(C)cc2C)ccc1=O. The van der Waals surface area contributed by atoms with Crippen molar-refractivity contribution in [2.75, 3.05) is 11.9 Å². The maximum atomic E-state index is 12.2. The van der Waals surface area contributed by atoms with Crippen molar-refractivity contribution in [2.45, 2.75) is 40.7 Å². The van der Waals surface area contributed by atoms with Crippen molar-refractivity contribution in [1.82, 2.24) is 15.1 Å². The second-order valence-corrected chi connectivity index (χ2v) is 6.28. The molecule has 7 heteroatoms. The van der Waals surface area contributed by atoms with Crippen LogP contribution in [0, 0.1) is 20.8 Å². The molecule has 2 aromatic rings. The summed E-state index contributed by atoms with van der Waals surface area (Å²) < 4.78 is 1.24. The highest BCUT2D eigenvalue weighted by Gasteiger charge is 2.13. The lowest BCUT2D eigenvalue weighted by Crippen LogP contribution is -2.35. The van der Waals surface area contributed by atoms with Crippen LogP contribution in [-0.4, -0.2) is 28.1 Å². The molecule has 0 fully saturated rings. The fourth-order valence-corrected chi connectivity index (χ4v) is 2.75. The average Bonchev–Trinajstić information content (AvgIpc) is 2.58. The Morgan fingerprint density at radius 3 is 2.38 bits per heavy atom. The number of nitrogens with one attached hydrogen (secondary N) is 2. The van der Waals surface area contributed by atoms with E-state index in [1.54, 1.807) is 0 Å². The highest BCUT2D eigenvalue weighted by molar-refractivity contribution is 5.98. The molecule has 1 aromatic carbocycles. The van der Waals surface area contributed by atoms with Crippen LogP contribution >= 0.6 is 0 Å². The lowest BCUT2D eigenvalue weighted by Gasteiger charge is -2.13. The number of amides is 2. The van der Waals surface area contributed by atoms with Crippen LogP contribution in [-0.2, 0) is 11.3 Å². The van der Waals surface area contributed by atoms with Crippen LogP contribution in [0.25, 0.3) is 0 Å². The van der Waals surface area contributed by atoms with Gasteiger partial charge >= 0.3 is 0 Å². The van der Waals surface area contributed by atoms with Crippen molar-refractivity contribution in [3.05, 3.63) is 57.0 Å². The van der Waals surface area contributed by atoms with Crippen LogP contribution in [0.3, 0.4) is 0 Å². The molecule has 0 radical (unpaired) electrons. The summed E-state index contributed by atoms with van der Waals surface area (Å²) >= 11 is 0. The number of rotatable bonds is 6. The van der Waals surface area contributed by atoms with Gasteiger partial charge in [0.15, 0.2) is 0 Å². The third-order valence-electron chi connectivity index (χ3n) is 3.89. The van der Waals surface area contributed by atoms with Crippen LogP contribution in [0.1, 0.15) is 40.5 Å². The summed E-state index contributed by atoms with van der Waals surface area (Å²) in [6.45, 7) is 8.02. The molecule has 138 valence electrons. The Morgan fingerprint density at radius 2 is 1.77 bits per heavy atom. The van der Waals surface area contributed by atoms with E-state index < -0.39 is 5.91 Å². The van der Waals surface area contributed by atoms with Gasteiger partial charge < -0.3 is 10.6 Å². The Balaban J connectivity index is 2.00. The quantitative estimate of drug-likeness (QED) is 0.827. The van der Waals surface area contributed by atoms with Gasteiger partial charge in [0.2, 0.25) is 5.91 Å². The lowest BCUT2D eigenvalue weighted by molar-refractivity contribution is -0.115. The summed E-state index contributed by atoms with van der Waals surface area (Å²) in [5.74, 6) is -0.822. The summed E-state index contributed by atoms with van der Waals surface area (Å²) in [5.41, 5.74) is 3.66. The lowest BCUT2D eigenvalue weighted by atomic mass is 10.1. The highest BCUT2D eigenvalue weighted by atomic mass is 16.2. The second kappa shape index (κ2) is 8.42. The fourth-order valence-electron chi connectivity index (χ4n) is 2.75. The average molecular weight is 356 g/mol. The highest BCUT2D eigenvalue weighted by Crippen LogP contribution is 2.21. The van der Waals surface area contributed by atoms with E-state index >= 15 is 0 Å². The van der Waals surface area contributed by atoms with E-state index in [1.807, 2.05) is 39.8 Å². The first-order chi connectivity index (χ1) is 12.3. The van der Waals surface area contributed by atoms with E-state index in [0.29, 0.717) is 6.54 Å². The molecule has 2 N–H and O–H groups in total. The number of nitrogens with zero attached hydrogens (tertiary/aromatic N) is 2. The van der Waals surface area contributed by atoms with E-state index in [0.717, 1.165) is 28.8 Å². The number of carbonyl (C=O) groups excluding carboxylic acids is 2. The molecule has 0 saturated heterocycles. The molecule has 0 atom stereocenters. The summed E-state index contributed by atoms with van der Waals surface area (Å²) in [5, 5.41) is 9.38. The topological polar surface area (TPSA) is 93.1 Å². The smallest absolute Gasteiger partial charge is 0.272 e. The van der Waals surface area contributed by atoms with Gasteiger partial charge in [-0.2, -0.15) is 5.10 Å². The molecule has 1 heterocycles. The largest absolute Gasteiger partial charge is 0.342 e. The van der Waals surface area contributed by atoms with Crippen LogP contribution in [0.2, 0.25) is 0 Å². The van der Waals surface area contributed by atoms with E-state index in [9.17, 15) is 14.4 Å². The van der Waals surface area contributed by atoms with Crippen LogP contribution < -0.4 is 16.2 Å². The maximum Gasteiger partial charge on any atom is 0.272 e. The minimum absolute atomic E-state index is 0.105. The number of hydrogen-bond donors (Lipinski definition) is 2. The van der Waals surface area contributed by atoms with Gasteiger partial charge in [-0.1, -0.05) is 24.6 Å². The monoisotopic (exact) mass is 356 g/mol. The van der Waals surface area contributed by atoms with Gasteiger partial charge in [-0.15, -0.1) is 0 Å². The third kappa shape index (κ3) is 4.78. The molecule has 0 bridgehead atoms. The molecule has 0 aliphatic heterocycles. The number of carbonyl (C=O) groups is 2. The Morgan fingerprint density at radius 1 is 1.12 bits per heavy atom. The summed E-state index contributed by atoms with van der Waals surface area (Å²) in [4.78, 5) is 36.0. The van der Waals surface area contributed by atoms with Gasteiger partial charge in [0.25, 0.3) is 11.5 Å². The zero-order chi connectivity index (χ0) is 19.3. The standard InChI is InChI=1S/C19H24N4O3/c1-5-8-23-17(25)7-6-15(22-23)19(26)20-11-16(24)21-18-13(3)9-12(2)10-14(18)4/h6-7,9-10H,5,8,11H2,1-4H3,(H,20,26)(H,21,24). The number of aromatic nitrogens is 2. The third-order valence-corrected chi connectivity index (χ3v) is 3.89. The van der Waals surface area contributed by atoms with Gasteiger partial charge in [-0.05, 0) is 44.4 Å². The minimum atomic E-state index is -0.498. The van der Waals surface area contributed by atoms with Crippen LogP contribution in [0.4, 0.5) is 5.69 Å². The zero-order valence-electron chi connectivity index (χ0n) is 15.5. The second-order valence-electron chi connectivity index (χ2n) is 6.28. The molecule has 26 heavy (non-hydrogen) atoms. The van der Waals surface area contributed by atoms with Gasteiger partial charge in [0, 0.05) is 18.3 Å². The minimum Gasteiger partial charge on any atom is -0.342 e. The number of aryl methyl sites for hydroxylation is 4. The molecule has 0 unspecified atom stereocenters. The fraction of sp³-hybridized carbons (Fsp3) is 0.368. The molecule has 0 aliphatic rings. The predicted octanol–water partition coefficient (Wildman–Crippen LogP) is 1.95. The molecule has 1 aromatic heterocycles. The van der Waals surface area contributed by atoms with Crippen molar-refractivity contribution in [2.24, 2.45) is 0 Å². The van der Waals surface area contributed by atoms with E-state index in [1.165, 1.54) is 16.8 Å². The summed E-state index contributed by atoms with van der Waals surface area (Å²) in [7, 11) is 0. The van der Waals surface area contributed by atoms with E-state index in [-0.39, 0.29) is 23.7 Å². The van der Waals surface area contributed by atoms with Gasteiger partial charge in [-0.25, -0.2) is 4.68 Å². The van der Waals surface area contributed by atoms with Crippen LogP contribution in [0.15, 0.2) is 29.1 Å². The van der Waals surface area contributed by atoms with Gasteiger partial charge in [0.1, 0.15) is 5.69 Å². The van der Waals surface area contributed by atoms with Crippen molar-refractivity contribution in [3.8, 4) is 0 Å².